The first-order chi connectivity index (χ1) is 16.3. The van der Waals surface area contributed by atoms with Crippen LogP contribution < -0.4 is 0 Å². The van der Waals surface area contributed by atoms with E-state index in [-0.39, 0.29) is 0 Å². The van der Waals surface area contributed by atoms with Gasteiger partial charge < -0.3 is 9.13 Å². The van der Waals surface area contributed by atoms with Crippen LogP contribution in [0.5, 0.6) is 0 Å². The summed E-state index contributed by atoms with van der Waals surface area (Å²) < 4.78 is 5.84. The van der Waals surface area contributed by atoms with Crippen molar-refractivity contribution in [3.8, 4) is 11.4 Å². The smallest absolute Gasteiger partial charge is 0.0690 e. The Labute approximate surface area is 199 Å². The SMILES string of the molecule is Brc1cc2c(c3ccccc3n2-c2ccccc2)c2c3ccccc3n(-c3ccccc3)c12. The van der Waals surface area contributed by atoms with Crippen LogP contribution >= 0.6 is 15.9 Å². The molecule has 33 heavy (non-hydrogen) atoms. The van der Waals surface area contributed by atoms with E-state index in [0.29, 0.717) is 0 Å². The van der Waals surface area contributed by atoms with E-state index in [1.165, 1.54) is 49.3 Å². The van der Waals surface area contributed by atoms with E-state index in [1.807, 2.05) is 0 Å². The molecule has 0 aliphatic carbocycles. The van der Waals surface area contributed by atoms with E-state index in [4.69, 9.17) is 0 Å². The summed E-state index contributed by atoms with van der Waals surface area (Å²) in [7, 11) is 0. The molecule has 0 N–H and O–H groups in total. The highest BCUT2D eigenvalue weighted by atomic mass is 79.9. The summed E-state index contributed by atoms with van der Waals surface area (Å²) in [5.41, 5.74) is 7.17. The summed E-state index contributed by atoms with van der Waals surface area (Å²) in [6.45, 7) is 0. The van der Waals surface area contributed by atoms with Crippen molar-refractivity contribution in [2.24, 2.45) is 0 Å². The van der Waals surface area contributed by atoms with E-state index < -0.39 is 0 Å². The number of halogens is 1. The summed E-state index contributed by atoms with van der Waals surface area (Å²) in [5.74, 6) is 0. The Balaban J connectivity index is 1.78. The maximum Gasteiger partial charge on any atom is 0.0690 e. The van der Waals surface area contributed by atoms with Crippen molar-refractivity contribution in [3.63, 3.8) is 0 Å². The van der Waals surface area contributed by atoms with Crippen molar-refractivity contribution < 1.29 is 0 Å². The lowest BCUT2D eigenvalue weighted by molar-refractivity contribution is 1.17. The van der Waals surface area contributed by atoms with Gasteiger partial charge in [0.15, 0.2) is 0 Å². The van der Waals surface area contributed by atoms with Crippen LogP contribution in [0.4, 0.5) is 0 Å². The van der Waals surface area contributed by atoms with Crippen LogP contribution in [0.2, 0.25) is 0 Å². The normalized spacial score (nSPS) is 11.8. The first-order valence-corrected chi connectivity index (χ1v) is 11.9. The molecule has 0 atom stereocenters. The zero-order valence-electron chi connectivity index (χ0n) is 17.7. The van der Waals surface area contributed by atoms with Crippen LogP contribution in [0.15, 0.2) is 120 Å². The summed E-state index contributed by atoms with van der Waals surface area (Å²) in [5, 5.41) is 5.10. The molecule has 0 amide bonds. The molecule has 0 radical (unpaired) electrons. The second-order valence-corrected chi connectivity index (χ2v) is 9.21. The highest BCUT2D eigenvalue weighted by Crippen LogP contribution is 2.45. The van der Waals surface area contributed by atoms with Crippen molar-refractivity contribution in [2.75, 3.05) is 0 Å². The van der Waals surface area contributed by atoms with Crippen LogP contribution in [0.3, 0.4) is 0 Å². The van der Waals surface area contributed by atoms with Gasteiger partial charge in [0.2, 0.25) is 0 Å². The number of hydrogen-bond donors (Lipinski definition) is 0. The van der Waals surface area contributed by atoms with Gasteiger partial charge in [-0.25, -0.2) is 0 Å². The van der Waals surface area contributed by atoms with Gasteiger partial charge in [0.1, 0.15) is 0 Å². The predicted molar refractivity (Wildman–Crippen MR) is 143 cm³/mol. The molecule has 2 nitrogen and oxygen atoms in total. The predicted octanol–water partition coefficient (Wildman–Crippen LogP) is 8.64. The number of hydrogen-bond acceptors (Lipinski definition) is 0. The minimum Gasteiger partial charge on any atom is -0.309 e. The Hall–Kier alpha value is -3.82. The lowest BCUT2D eigenvalue weighted by Crippen LogP contribution is -1.95. The fraction of sp³-hybridized carbons (Fsp3) is 0. The van der Waals surface area contributed by atoms with Gasteiger partial charge in [0.05, 0.1) is 22.1 Å². The molecule has 0 spiro atoms. The van der Waals surface area contributed by atoms with Gasteiger partial charge >= 0.3 is 0 Å². The third-order valence-corrected chi connectivity index (χ3v) is 7.16. The number of para-hydroxylation sites is 4. The lowest BCUT2D eigenvalue weighted by atomic mass is 10.1. The van der Waals surface area contributed by atoms with Crippen molar-refractivity contribution in [2.45, 2.75) is 0 Å². The molecular weight excluding hydrogens is 468 g/mol. The number of benzene rings is 5. The largest absolute Gasteiger partial charge is 0.309 e. The van der Waals surface area contributed by atoms with Gasteiger partial charge in [-0.05, 0) is 58.4 Å². The molecule has 3 heteroatoms. The fourth-order valence-corrected chi connectivity index (χ4v) is 5.86. The van der Waals surface area contributed by atoms with Crippen LogP contribution in [0.1, 0.15) is 0 Å². The van der Waals surface area contributed by atoms with Gasteiger partial charge in [-0.3, -0.25) is 0 Å². The maximum atomic E-state index is 3.97. The zero-order chi connectivity index (χ0) is 21.9. The average Bonchev–Trinajstić information content (AvgIpc) is 3.38. The second kappa shape index (κ2) is 7.09. The van der Waals surface area contributed by atoms with Gasteiger partial charge in [-0.15, -0.1) is 0 Å². The first kappa shape index (κ1) is 18.7. The molecule has 0 saturated heterocycles. The van der Waals surface area contributed by atoms with Gasteiger partial charge in [0.25, 0.3) is 0 Å². The molecule has 7 rings (SSSR count). The van der Waals surface area contributed by atoms with Crippen LogP contribution in [-0.4, -0.2) is 9.13 Å². The Morgan fingerprint density at radius 3 is 1.58 bits per heavy atom. The average molecular weight is 487 g/mol. The Kier molecular flexibility index (Phi) is 4.02. The molecule has 2 aromatic heterocycles. The second-order valence-electron chi connectivity index (χ2n) is 8.35. The zero-order valence-corrected chi connectivity index (χ0v) is 19.3. The van der Waals surface area contributed by atoms with Crippen LogP contribution in [-0.2, 0) is 0 Å². The van der Waals surface area contributed by atoms with Gasteiger partial charge in [0, 0.05) is 37.4 Å². The van der Waals surface area contributed by atoms with E-state index >= 15 is 0 Å². The maximum absolute atomic E-state index is 3.97. The topological polar surface area (TPSA) is 9.86 Å². The number of rotatable bonds is 2. The summed E-state index contributed by atoms with van der Waals surface area (Å²) in [4.78, 5) is 0. The van der Waals surface area contributed by atoms with Crippen LogP contribution in [0, 0.1) is 0 Å². The Bertz CT molecular complexity index is 1810. The number of nitrogens with zero attached hydrogens (tertiary/aromatic N) is 2. The van der Waals surface area contributed by atoms with Gasteiger partial charge in [-0.1, -0.05) is 72.8 Å². The minimum atomic E-state index is 1.09. The van der Waals surface area contributed by atoms with Gasteiger partial charge in [-0.2, -0.15) is 0 Å². The molecule has 156 valence electrons. The summed E-state index contributed by atoms with van der Waals surface area (Å²) >= 11 is 3.97. The van der Waals surface area contributed by atoms with Crippen LogP contribution in [0.25, 0.3) is 55.0 Å². The van der Waals surface area contributed by atoms with Crippen molar-refractivity contribution in [1.29, 1.82) is 0 Å². The third-order valence-electron chi connectivity index (χ3n) is 6.55. The third kappa shape index (κ3) is 2.60. The fourth-order valence-electron chi connectivity index (χ4n) is 5.27. The molecule has 0 aliphatic rings. The molecule has 0 fully saturated rings. The van der Waals surface area contributed by atoms with E-state index in [1.54, 1.807) is 0 Å². The monoisotopic (exact) mass is 486 g/mol. The summed E-state index contributed by atoms with van der Waals surface area (Å²) in [6.07, 6.45) is 0. The highest BCUT2D eigenvalue weighted by Gasteiger charge is 2.22. The van der Waals surface area contributed by atoms with Crippen molar-refractivity contribution in [3.05, 3.63) is 120 Å². The number of aromatic nitrogens is 2. The number of fused-ring (bicyclic) bond motifs is 7. The molecule has 0 bridgehead atoms. The molecule has 0 unspecified atom stereocenters. The standard InChI is InChI=1S/C30H19BrN2/c31-24-19-27-28(22-15-7-9-17-25(22)32(27)20-11-3-1-4-12-20)29-23-16-8-10-18-26(23)33(30(24)29)21-13-5-2-6-14-21/h1-19H. The van der Waals surface area contributed by atoms with E-state index in [2.05, 4.69) is 140 Å². The molecular formula is C30H19BrN2. The molecule has 5 aromatic carbocycles. The Morgan fingerprint density at radius 2 is 0.939 bits per heavy atom. The molecule has 7 aromatic rings. The summed E-state index contributed by atoms with van der Waals surface area (Å²) in [6, 6.07) is 41.0. The van der Waals surface area contributed by atoms with Crippen molar-refractivity contribution in [1.82, 2.24) is 9.13 Å². The Morgan fingerprint density at radius 1 is 0.455 bits per heavy atom. The molecule has 0 aliphatic heterocycles. The first-order valence-electron chi connectivity index (χ1n) is 11.1. The molecule has 2 heterocycles. The lowest BCUT2D eigenvalue weighted by Gasteiger charge is -2.10. The van der Waals surface area contributed by atoms with Crippen molar-refractivity contribution >= 4 is 59.5 Å². The molecule has 0 saturated carbocycles. The highest BCUT2D eigenvalue weighted by molar-refractivity contribution is 9.10. The van der Waals surface area contributed by atoms with E-state index in [9.17, 15) is 0 Å². The van der Waals surface area contributed by atoms with E-state index in [0.717, 1.165) is 10.2 Å². The quantitative estimate of drug-likeness (QED) is 0.231. The minimum absolute atomic E-state index is 1.09.